The van der Waals surface area contributed by atoms with Gasteiger partial charge in [0.05, 0.1) is 5.56 Å². The van der Waals surface area contributed by atoms with Crippen LogP contribution in [0.5, 0.6) is 0 Å². The van der Waals surface area contributed by atoms with Gasteiger partial charge in [-0.1, -0.05) is 12.1 Å². The topological polar surface area (TPSA) is 48.0 Å². The molecule has 3 nitrogen and oxygen atoms in total. The molecule has 1 heterocycles. The second kappa shape index (κ2) is 6.89. The molecular formula is C20H18F2N2O. The lowest BCUT2D eigenvalue weighted by Gasteiger charge is -2.12. The van der Waals surface area contributed by atoms with Gasteiger partial charge in [0.2, 0.25) is 0 Å². The van der Waals surface area contributed by atoms with Crippen LogP contribution in [0, 0.1) is 18.6 Å². The predicted molar refractivity (Wildman–Crippen MR) is 93.2 cm³/mol. The van der Waals surface area contributed by atoms with Crippen LogP contribution in [0.2, 0.25) is 0 Å². The zero-order valence-corrected chi connectivity index (χ0v) is 13.8. The summed E-state index contributed by atoms with van der Waals surface area (Å²) in [5.74, 6) is -1.11. The number of aryl methyl sites for hydroxylation is 1. The van der Waals surface area contributed by atoms with E-state index in [0.717, 1.165) is 22.5 Å². The van der Waals surface area contributed by atoms with Crippen LogP contribution in [0.25, 0.3) is 11.3 Å². The van der Waals surface area contributed by atoms with Gasteiger partial charge < -0.3 is 10.3 Å². The van der Waals surface area contributed by atoms with E-state index in [-0.39, 0.29) is 11.6 Å². The Labute approximate surface area is 144 Å². The molecule has 1 amide bonds. The van der Waals surface area contributed by atoms with Crippen molar-refractivity contribution in [1.29, 1.82) is 0 Å². The van der Waals surface area contributed by atoms with E-state index in [4.69, 9.17) is 5.73 Å². The van der Waals surface area contributed by atoms with Gasteiger partial charge in [-0.3, -0.25) is 4.79 Å². The van der Waals surface area contributed by atoms with Crippen molar-refractivity contribution in [1.82, 2.24) is 4.57 Å². The first-order chi connectivity index (χ1) is 12.0. The Morgan fingerprint density at radius 2 is 1.76 bits per heavy atom. The zero-order valence-electron chi connectivity index (χ0n) is 13.8. The molecule has 0 bridgehead atoms. The molecule has 0 radical (unpaired) electrons. The van der Waals surface area contributed by atoms with E-state index in [9.17, 15) is 13.6 Å². The van der Waals surface area contributed by atoms with Crippen LogP contribution >= 0.6 is 0 Å². The van der Waals surface area contributed by atoms with Gasteiger partial charge in [0.15, 0.2) is 0 Å². The summed E-state index contributed by atoms with van der Waals surface area (Å²) in [6.45, 7) is 2.37. The van der Waals surface area contributed by atoms with Gasteiger partial charge in [-0.2, -0.15) is 0 Å². The first-order valence-corrected chi connectivity index (χ1v) is 7.96. The molecule has 2 aromatic carbocycles. The van der Waals surface area contributed by atoms with Crippen molar-refractivity contribution in [3.05, 3.63) is 83.1 Å². The standard InChI is InChI=1S/C20H18F2N2O/c1-13-18(20(23)25)12-19(15-5-7-16(21)8-6-15)24(13)10-9-14-3-2-4-17(22)11-14/h2-8,11-12H,9-10H2,1H3,(H2,23,25). The number of carbonyl (C=O) groups is 1. The number of primary amides is 1. The highest BCUT2D eigenvalue weighted by molar-refractivity contribution is 5.95. The normalized spacial score (nSPS) is 10.8. The lowest BCUT2D eigenvalue weighted by Crippen LogP contribution is -2.13. The largest absolute Gasteiger partial charge is 0.366 e. The Bertz CT molecular complexity index is 914. The molecule has 0 aliphatic heterocycles. The summed E-state index contributed by atoms with van der Waals surface area (Å²) in [6, 6.07) is 14.2. The molecule has 25 heavy (non-hydrogen) atoms. The molecule has 0 spiro atoms. The zero-order chi connectivity index (χ0) is 18.0. The van der Waals surface area contributed by atoms with E-state index in [2.05, 4.69) is 0 Å². The Hall–Kier alpha value is -2.95. The fourth-order valence-corrected chi connectivity index (χ4v) is 2.98. The quantitative estimate of drug-likeness (QED) is 0.747. The van der Waals surface area contributed by atoms with Gasteiger partial charge >= 0.3 is 0 Å². The minimum absolute atomic E-state index is 0.279. The first kappa shape index (κ1) is 16.9. The van der Waals surface area contributed by atoms with Crippen LogP contribution in [0.3, 0.4) is 0 Å². The Balaban J connectivity index is 1.98. The van der Waals surface area contributed by atoms with Crippen molar-refractivity contribution in [2.24, 2.45) is 5.73 Å². The van der Waals surface area contributed by atoms with E-state index in [1.165, 1.54) is 24.3 Å². The smallest absolute Gasteiger partial charge is 0.250 e. The van der Waals surface area contributed by atoms with Crippen LogP contribution in [-0.2, 0) is 13.0 Å². The van der Waals surface area contributed by atoms with E-state index in [0.29, 0.717) is 18.5 Å². The van der Waals surface area contributed by atoms with Crippen LogP contribution in [0.15, 0.2) is 54.6 Å². The molecule has 5 heteroatoms. The highest BCUT2D eigenvalue weighted by atomic mass is 19.1. The van der Waals surface area contributed by atoms with E-state index >= 15 is 0 Å². The Morgan fingerprint density at radius 3 is 2.40 bits per heavy atom. The monoisotopic (exact) mass is 340 g/mol. The molecule has 0 aliphatic carbocycles. The van der Waals surface area contributed by atoms with Crippen molar-refractivity contribution >= 4 is 5.91 Å². The minimum Gasteiger partial charge on any atom is -0.366 e. The van der Waals surface area contributed by atoms with E-state index in [1.54, 1.807) is 24.3 Å². The average molecular weight is 340 g/mol. The van der Waals surface area contributed by atoms with E-state index < -0.39 is 5.91 Å². The number of amides is 1. The van der Waals surface area contributed by atoms with E-state index in [1.807, 2.05) is 17.6 Å². The first-order valence-electron chi connectivity index (χ1n) is 7.96. The maximum Gasteiger partial charge on any atom is 0.250 e. The van der Waals surface area contributed by atoms with Gasteiger partial charge in [0.1, 0.15) is 11.6 Å². The second-order valence-electron chi connectivity index (χ2n) is 5.93. The summed E-state index contributed by atoms with van der Waals surface area (Å²) in [5.41, 5.74) is 9.06. The number of aromatic nitrogens is 1. The Kier molecular flexibility index (Phi) is 4.65. The number of nitrogens with zero attached hydrogens (tertiary/aromatic N) is 1. The third kappa shape index (κ3) is 3.60. The number of rotatable bonds is 5. The van der Waals surface area contributed by atoms with Crippen LogP contribution < -0.4 is 5.73 Å². The van der Waals surface area contributed by atoms with Crippen molar-refractivity contribution in [2.45, 2.75) is 19.9 Å². The summed E-state index contributed by atoms with van der Waals surface area (Å²) in [7, 11) is 0. The fraction of sp³-hybridized carbons (Fsp3) is 0.150. The fourth-order valence-electron chi connectivity index (χ4n) is 2.98. The molecule has 0 fully saturated rings. The molecule has 0 unspecified atom stereocenters. The molecule has 1 aromatic heterocycles. The lowest BCUT2D eigenvalue weighted by atomic mass is 10.1. The summed E-state index contributed by atoms with van der Waals surface area (Å²) >= 11 is 0. The van der Waals surface area contributed by atoms with Crippen molar-refractivity contribution < 1.29 is 13.6 Å². The molecule has 0 aliphatic rings. The van der Waals surface area contributed by atoms with Crippen LogP contribution in [-0.4, -0.2) is 10.5 Å². The van der Waals surface area contributed by atoms with Crippen LogP contribution in [0.4, 0.5) is 8.78 Å². The summed E-state index contributed by atoms with van der Waals surface area (Å²) in [6.07, 6.45) is 0.597. The minimum atomic E-state index is -0.509. The summed E-state index contributed by atoms with van der Waals surface area (Å²) in [5, 5.41) is 0. The summed E-state index contributed by atoms with van der Waals surface area (Å²) < 4.78 is 28.5. The average Bonchev–Trinajstić information content (AvgIpc) is 2.91. The molecular weight excluding hydrogens is 322 g/mol. The molecule has 128 valence electrons. The maximum atomic E-state index is 13.4. The van der Waals surface area contributed by atoms with Crippen LogP contribution in [0.1, 0.15) is 21.6 Å². The number of hydrogen-bond donors (Lipinski definition) is 1. The molecule has 2 N–H and O–H groups in total. The predicted octanol–water partition coefficient (Wildman–Crippen LogP) is 4.08. The number of benzene rings is 2. The SMILES string of the molecule is Cc1c(C(N)=O)cc(-c2ccc(F)cc2)n1CCc1cccc(F)c1. The molecule has 0 atom stereocenters. The van der Waals surface area contributed by atoms with Gasteiger partial charge in [-0.05, 0) is 66.9 Å². The Morgan fingerprint density at radius 1 is 1.04 bits per heavy atom. The maximum absolute atomic E-state index is 13.4. The lowest BCUT2D eigenvalue weighted by molar-refractivity contribution is 0.0999. The number of halogens is 2. The molecule has 0 saturated heterocycles. The van der Waals surface area contributed by atoms with Gasteiger partial charge in [-0.15, -0.1) is 0 Å². The van der Waals surface area contributed by atoms with Crippen molar-refractivity contribution in [2.75, 3.05) is 0 Å². The molecule has 3 aromatic rings. The second-order valence-corrected chi connectivity index (χ2v) is 5.93. The highest BCUT2D eigenvalue weighted by Crippen LogP contribution is 2.26. The molecule has 0 saturated carbocycles. The van der Waals surface area contributed by atoms with Gasteiger partial charge in [0, 0.05) is 17.9 Å². The number of carbonyl (C=O) groups excluding carboxylic acids is 1. The highest BCUT2D eigenvalue weighted by Gasteiger charge is 2.16. The van der Waals surface area contributed by atoms with Gasteiger partial charge in [-0.25, -0.2) is 8.78 Å². The third-order valence-electron chi connectivity index (χ3n) is 4.29. The number of hydrogen-bond acceptors (Lipinski definition) is 1. The molecule has 3 rings (SSSR count). The third-order valence-corrected chi connectivity index (χ3v) is 4.29. The van der Waals surface area contributed by atoms with Gasteiger partial charge in [0.25, 0.3) is 5.91 Å². The van der Waals surface area contributed by atoms with Crippen molar-refractivity contribution in [3.63, 3.8) is 0 Å². The summed E-state index contributed by atoms with van der Waals surface area (Å²) in [4.78, 5) is 11.7. The number of nitrogens with two attached hydrogens (primary N) is 1. The van der Waals surface area contributed by atoms with Crippen molar-refractivity contribution in [3.8, 4) is 11.3 Å².